The molecule has 1 aromatic carbocycles. The number of anilines is 1. The SMILES string of the molecule is C=CC(=O)Nc1ccc(S(=O)(=O)N2CCNCC2C(C)=O)cc1. The minimum absolute atomic E-state index is 0.0854. The third-order valence-corrected chi connectivity index (χ3v) is 5.50. The zero-order valence-corrected chi connectivity index (χ0v) is 13.6. The van der Waals surface area contributed by atoms with Gasteiger partial charge in [0.15, 0.2) is 0 Å². The van der Waals surface area contributed by atoms with Gasteiger partial charge < -0.3 is 10.6 Å². The van der Waals surface area contributed by atoms with Crippen molar-refractivity contribution in [2.45, 2.75) is 17.9 Å². The number of rotatable bonds is 5. The molecule has 0 saturated carbocycles. The number of sulfonamides is 1. The first-order chi connectivity index (χ1) is 10.9. The molecule has 2 rings (SSSR count). The molecular weight excluding hydrogens is 318 g/mol. The van der Waals surface area contributed by atoms with E-state index in [-0.39, 0.29) is 23.1 Å². The number of nitrogens with one attached hydrogen (secondary N) is 2. The van der Waals surface area contributed by atoms with Crippen LogP contribution in [0.4, 0.5) is 5.69 Å². The number of Topliss-reactive ketones (excluding diaryl/α,β-unsaturated/α-hetero) is 1. The van der Waals surface area contributed by atoms with Gasteiger partial charge in [-0.25, -0.2) is 8.42 Å². The number of amides is 1. The lowest BCUT2D eigenvalue weighted by molar-refractivity contribution is -0.121. The van der Waals surface area contributed by atoms with Gasteiger partial charge in [0.05, 0.1) is 10.9 Å². The zero-order valence-electron chi connectivity index (χ0n) is 12.8. The number of carbonyl (C=O) groups is 2. The summed E-state index contributed by atoms with van der Waals surface area (Å²) in [4.78, 5) is 23.0. The Hall–Kier alpha value is -2.03. The predicted molar refractivity (Wildman–Crippen MR) is 86.5 cm³/mol. The van der Waals surface area contributed by atoms with E-state index in [0.29, 0.717) is 18.8 Å². The number of piperazine rings is 1. The number of benzene rings is 1. The summed E-state index contributed by atoms with van der Waals surface area (Å²) in [6, 6.07) is 5.12. The monoisotopic (exact) mass is 337 g/mol. The maximum Gasteiger partial charge on any atom is 0.247 e. The molecule has 0 aliphatic carbocycles. The highest BCUT2D eigenvalue weighted by Crippen LogP contribution is 2.21. The van der Waals surface area contributed by atoms with Gasteiger partial charge in [-0.3, -0.25) is 9.59 Å². The lowest BCUT2D eigenvalue weighted by atomic mass is 10.2. The fraction of sp³-hybridized carbons (Fsp3) is 0.333. The van der Waals surface area contributed by atoms with Crippen LogP contribution in [0.2, 0.25) is 0 Å². The Morgan fingerprint density at radius 2 is 2.00 bits per heavy atom. The predicted octanol–water partition coefficient (Wildman–Crippen LogP) is 0.363. The fourth-order valence-corrected chi connectivity index (χ4v) is 4.00. The molecule has 1 fully saturated rings. The van der Waals surface area contributed by atoms with Gasteiger partial charge in [-0.15, -0.1) is 0 Å². The highest BCUT2D eigenvalue weighted by atomic mass is 32.2. The minimum Gasteiger partial charge on any atom is -0.323 e. The van der Waals surface area contributed by atoms with E-state index in [4.69, 9.17) is 0 Å². The summed E-state index contributed by atoms with van der Waals surface area (Å²) < 4.78 is 26.7. The van der Waals surface area contributed by atoms with Crippen molar-refractivity contribution in [1.82, 2.24) is 9.62 Å². The second-order valence-electron chi connectivity index (χ2n) is 5.16. The molecule has 1 heterocycles. The van der Waals surface area contributed by atoms with Crippen LogP contribution < -0.4 is 10.6 Å². The summed E-state index contributed by atoms with van der Waals surface area (Å²) in [7, 11) is -3.77. The van der Waals surface area contributed by atoms with E-state index in [2.05, 4.69) is 17.2 Å². The number of carbonyl (C=O) groups excluding carboxylic acids is 2. The van der Waals surface area contributed by atoms with Crippen LogP contribution in [0.3, 0.4) is 0 Å². The first-order valence-electron chi connectivity index (χ1n) is 7.13. The Morgan fingerprint density at radius 1 is 1.35 bits per heavy atom. The molecule has 1 aliphatic rings. The van der Waals surface area contributed by atoms with Gasteiger partial charge in [-0.2, -0.15) is 4.31 Å². The van der Waals surface area contributed by atoms with Gasteiger partial charge in [-0.1, -0.05) is 6.58 Å². The van der Waals surface area contributed by atoms with Crippen LogP contribution in [-0.4, -0.2) is 50.1 Å². The average Bonchev–Trinajstić information content (AvgIpc) is 2.55. The lowest BCUT2D eigenvalue weighted by Gasteiger charge is -2.33. The first kappa shape index (κ1) is 17.3. The molecule has 0 radical (unpaired) electrons. The Morgan fingerprint density at radius 3 is 2.57 bits per heavy atom. The third-order valence-electron chi connectivity index (χ3n) is 3.58. The molecule has 2 N–H and O–H groups in total. The quantitative estimate of drug-likeness (QED) is 0.757. The largest absolute Gasteiger partial charge is 0.323 e. The van der Waals surface area contributed by atoms with Crippen LogP contribution in [0.25, 0.3) is 0 Å². The Balaban J connectivity index is 2.26. The first-order valence-corrected chi connectivity index (χ1v) is 8.57. The zero-order chi connectivity index (χ0) is 17.0. The summed E-state index contributed by atoms with van der Waals surface area (Å²) in [6.07, 6.45) is 1.13. The van der Waals surface area contributed by atoms with Crippen LogP contribution >= 0.6 is 0 Å². The number of nitrogens with zero attached hydrogens (tertiary/aromatic N) is 1. The maximum atomic E-state index is 12.7. The minimum atomic E-state index is -3.77. The Kier molecular flexibility index (Phi) is 5.30. The normalized spacial score (nSPS) is 19.1. The summed E-state index contributed by atoms with van der Waals surface area (Å²) >= 11 is 0. The number of ketones is 1. The van der Waals surface area contributed by atoms with Gasteiger partial charge in [0.25, 0.3) is 0 Å². The molecule has 1 aromatic rings. The van der Waals surface area contributed by atoms with Crippen molar-refractivity contribution in [3.8, 4) is 0 Å². The second-order valence-corrected chi connectivity index (χ2v) is 7.05. The molecule has 7 nitrogen and oxygen atoms in total. The van der Waals surface area contributed by atoms with E-state index in [0.717, 1.165) is 6.08 Å². The molecular formula is C15H19N3O4S. The van der Waals surface area contributed by atoms with E-state index >= 15 is 0 Å². The maximum absolute atomic E-state index is 12.7. The summed E-state index contributed by atoms with van der Waals surface area (Å²) in [6.45, 7) is 5.77. The van der Waals surface area contributed by atoms with Crippen molar-refractivity contribution >= 4 is 27.4 Å². The smallest absolute Gasteiger partial charge is 0.247 e. The number of hydrogen-bond acceptors (Lipinski definition) is 5. The number of hydrogen-bond donors (Lipinski definition) is 2. The molecule has 1 unspecified atom stereocenters. The van der Waals surface area contributed by atoms with E-state index in [9.17, 15) is 18.0 Å². The van der Waals surface area contributed by atoms with Crippen LogP contribution in [0.5, 0.6) is 0 Å². The highest BCUT2D eigenvalue weighted by Gasteiger charge is 2.35. The molecule has 23 heavy (non-hydrogen) atoms. The molecule has 1 aliphatic heterocycles. The molecule has 0 aromatic heterocycles. The molecule has 1 saturated heterocycles. The van der Waals surface area contributed by atoms with Crippen molar-refractivity contribution < 1.29 is 18.0 Å². The molecule has 0 bridgehead atoms. The van der Waals surface area contributed by atoms with Gasteiger partial charge in [0.2, 0.25) is 15.9 Å². The summed E-state index contributed by atoms with van der Waals surface area (Å²) in [5.74, 6) is -0.574. The fourth-order valence-electron chi connectivity index (χ4n) is 2.36. The van der Waals surface area contributed by atoms with Crippen molar-refractivity contribution in [1.29, 1.82) is 0 Å². The lowest BCUT2D eigenvalue weighted by Crippen LogP contribution is -2.56. The van der Waals surface area contributed by atoms with Crippen molar-refractivity contribution in [3.63, 3.8) is 0 Å². The average molecular weight is 337 g/mol. The molecule has 1 amide bonds. The molecule has 124 valence electrons. The van der Waals surface area contributed by atoms with Crippen molar-refractivity contribution in [2.75, 3.05) is 25.0 Å². The van der Waals surface area contributed by atoms with Gasteiger partial charge >= 0.3 is 0 Å². The van der Waals surface area contributed by atoms with Crippen molar-refractivity contribution in [2.24, 2.45) is 0 Å². The summed E-state index contributed by atoms with van der Waals surface area (Å²) in [5, 5.41) is 5.57. The third kappa shape index (κ3) is 3.84. The van der Waals surface area contributed by atoms with E-state index in [1.165, 1.54) is 35.5 Å². The van der Waals surface area contributed by atoms with Crippen LogP contribution in [0.15, 0.2) is 41.8 Å². The highest BCUT2D eigenvalue weighted by molar-refractivity contribution is 7.89. The van der Waals surface area contributed by atoms with Gasteiger partial charge in [0, 0.05) is 25.3 Å². The standard InChI is InChI=1S/C15H19N3O4S/c1-3-15(20)17-12-4-6-13(7-5-12)23(21,22)18-9-8-16-10-14(18)11(2)19/h3-7,14,16H,1,8-10H2,2H3,(H,17,20). The molecule has 1 atom stereocenters. The van der Waals surface area contributed by atoms with E-state index in [1.54, 1.807) is 0 Å². The Bertz CT molecular complexity index is 713. The van der Waals surface area contributed by atoms with Crippen LogP contribution in [0, 0.1) is 0 Å². The van der Waals surface area contributed by atoms with E-state index in [1.807, 2.05) is 0 Å². The topological polar surface area (TPSA) is 95.6 Å². The summed E-state index contributed by atoms with van der Waals surface area (Å²) in [5.41, 5.74) is 0.470. The van der Waals surface area contributed by atoms with Crippen molar-refractivity contribution in [3.05, 3.63) is 36.9 Å². The van der Waals surface area contributed by atoms with Gasteiger partial charge in [-0.05, 0) is 37.3 Å². The van der Waals surface area contributed by atoms with Crippen LogP contribution in [-0.2, 0) is 19.6 Å². The van der Waals surface area contributed by atoms with E-state index < -0.39 is 16.1 Å². The second kappa shape index (κ2) is 7.03. The Labute approximate surface area is 135 Å². The molecule has 0 spiro atoms. The van der Waals surface area contributed by atoms with Gasteiger partial charge in [0.1, 0.15) is 5.78 Å². The van der Waals surface area contributed by atoms with Crippen LogP contribution in [0.1, 0.15) is 6.92 Å². The molecule has 8 heteroatoms.